The van der Waals surface area contributed by atoms with Crippen LogP contribution in [0.25, 0.3) is 0 Å². The molecule has 13 heavy (non-hydrogen) atoms. The minimum Gasteiger partial charge on any atom is -0.327 e. The van der Waals surface area contributed by atoms with E-state index < -0.39 is 0 Å². The maximum absolute atomic E-state index is 11.9. The molecule has 2 nitrogen and oxygen atoms in total. The molecule has 1 aliphatic rings. The van der Waals surface area contributed by atoms with Crippen molar-refractivity contribution < 1.29 is 4.79 Å². The van der Waals surface area contributed by atoms with Gasteiger partial charge in [-0.05, 0) is 19.3 Å². The first kappa shape index (κ1) is 10.7. The third-order valence-electron chi connectivity index (χ3n) is 3.42. The van der Waals surface area contributed by atoms with E-state index in [1.165, 1.54) is 0 Å². The molecule has 2 heteroatoms. The van der Waals surface area contributed by atoms with E-state index in [2.05, 4.69) is 6.92 Å². The standard InChI is InChI=1S/C11H21NO/c1-3-4-7-10(13)11(2)8-5-6-9(11)12/h9H,3-8,12H2,1-2H3. The van der Waals surface area contributed by atoms with Crippen LogP contribution in [0.15, 0.2) is 0 Å². The number of rotatable bonds is 4. The number of carbonyl (C=O) groups is 1. The van der Waals surface area contributed by atoms with E-state index in [-0.39, 0.29) is 11.5 Å². The fourth-order valence-corrected chi connectivity index (χ4v) is 2.16. The Morgan fingerprint density at radius 1 is 1.62 bits per heavy atom. The summed E-state index contributed by atoms with van der Waals surface area (Å²) in [5, 5.41) is 0. The Morgan fingerprint density at radius 2 is 2.31 bits per heavy atom. The average Bonchev–Trinajstić information content (AvgIpc) is 2.44. The zero-order chi connectivity index (χ0) is 9.90. The van der Waals surface area contributed by atoms with Gasteiger partial charge in [0.1, 0.15) is 5.78 Å². The molecule has 1 saturated carbocycles. The van der Waals surface area contributed by atoms with Gasteiger partial charge in [-0.25, -0.2) is 0 Å². The SMILES string of the molecule is CCCCC(=O)C1(C)CCCC1N. The van der Waals surface area contributed by atoms with Gasteiger partial charge in [-0.15, -0.1) is 0 Å². The van der Waals surface area contributed by atoms with Crippen LogP contribution in [0.2, 0.25) is 0 Å². The van der Waals surface area contributed by atoms with E-state index in [9.17, 15) is 4.79 Å². The van der Waals surface area contributed by atoms with Crippen molar-refractivity contribution in [1.29, 1.82) is 0 Å². The first-order chi connectivity index (χ1) is 6.11. The van der Waals surface area contributed by atoms with Gasteiger partial charge in [0.2, 0.25) is 0 Å². The van der Waals surface area contributed by atoms with Gasteiger partial charge in [0.15, 0.2) is 0 Å². The molecule has 2 atom stereocenters. The summed E-state index contributed by atoms with van der Waals surface area (Å²) in [5.41, 5.74) is 5.77. The summed E-state index contributed by atoms with van der Waals surface area (Å²) < 4.78 is 0. The molecule has 0 aromatic rings. The number of nitrogens with two attached hydrogens (primary N) is 1. The maximum Gasteiger partial charge on any atom is 0.140 e. The lowest BCUT2D eigenvalue weighted by molar-refractivity contribution is -0.128. The first-order valence-corrected chi connectivity index (χ1v) is 5.40. The molecule has 0 aromatic heterocycles. The highest BCUT2D eigenvalue weighted by atomic mass is 16.1. The summed E-state index contributed by atoms with van der Waals surface area (Å²) in [7, 11) is 0. The highest BCUT2D eigenvalue weighted by molar-refractivity contribution is 5.85. The van der Waals surface area contributed by atoms with Gasteiger partial charge >= 0.3 is 0 Å². The van der Waals surface area contributed by atoms with Gasteiger partial charge in [0, 0.05) is 17.9 Å². The second kappa shape index (κ2) is 4.23. The van der Waals surface area contributed by atoms with Crippen LogP contribution in [0, 0.1) is 5.41 Å². The number of hydrogen-bond acceptors (Lipinski definition) is 2. The van der Waals surface area contributed by atoms with Crippen molar-refractivity contribution in [2.45, 2.75) is 58.4 Å². The molecular formula is C11H21NO. The lowest BCUT2D eigenvalue weighted by Gasteiger charge is -2.27. The van der Waals surface area contributed by atoms with Crippen molar-refractivity contribution in [3.63, 3.8) is 0 Å². The molecule has 0 aromatic carbocycles. The summed E-state index contributed by atoms with van der Waals surface area (Å²) >= 11 is 0. The van der Waals surface area contributed by atoms with Crippen LogP contribution in [0.5, 0.6) is 0 Å². The van der Waals surface area contributed by atoms with Crippen molar-refractivity contribution in [1.82, 2.24) is 0 Å². The molecule has 76 valence electrons. The zero-order valence-corrected chi connectivity index (χ0v) is 8.81. The van der Waals surface area contributed by atoms with E-state index in [0.717, 1.165) is 38.5 Å². The average molecular weight is 183 g/mol. The van der Waals surface area contributed by atoms with Crippen LogP contribution in [0.1, 0.15) is 52.4 Å². The molecule has 1 rings (SSSR count). The summed E-state index contributed by atoms with van der Waals surface area (Å²) in [4.78, 5) is 11.9. The first-order valence-electron chi connectivity index (χ1n) is 5.40. The molecule has 2 unspecified atom stereocenters. The summed E-state index contributed by atoms with van der Waals surface area (Å²) in [5.74, 6) is 0.388. The largest absolute Gasteiger partial charge is 0.327 e. The molecule has 0 heterocycles. The van der Waals surface area contributed by atoms with E-state index in [4.69, 9.17) is 5.73 Å². The molecule has 0 radical (unpaired) electrons. The number of unbranched alkanes of at least 4 members (excludes halogenated alkanes) is 1. The van der Waals surface area contributed by atoms with E-state index in [1.54, 1.807) is 0 Å². The number of ketones is 1. The molecule has 0 saturated heterocycles. The van der Waals surface area contributed by atoms with Crippen LogP contribution in [-0.4, -0.2) is 11.8 Å². The fraction of sp³-hybridized carbons (Fsp3) is 0.909. The van der Waals surface area contributed by atoms with Gasteiger partial charge in [-0.3, -0.25) is 4.79 Å². The van der Waals surface area contributed by atoms with Crippen molar-refractivity contribution in [2.24, 2.45) is 11.1 Å². The summed E-state index contributed by atoms with van der Waals surface area (Å²) in [6.45, 7) is 4.16. The van der Waals surface area contributed by atoms with Crippen molar-refractivity contribution in [2.75, 3.05) is 0 Å². The van der Waals surface area contributed by atoms with Gasteiger partial charge in [0.05, 0.1) is 0 Å². The van der Waals surface area contributed by atoms with Gasteiger partial charge in [-0.1, -0.05) is 26.7 Å². The second-order valence-electron chi connectivity index (χ2n) is 4.44. The Bertz CT molecular complexity index is 191. The lowest BCUT2D eigenvalue weighted by atomic mass is 9.79. The van der Waals surface area contributed by atoms with Crippen molar-refractivity contribution in [3.8, 4) is 0 Å². The maximum atomic E-state index is 11.9. The molecule has 0 amide bonds. The van der Waals surface area contributed by atoms with Crippen LogP contribution in [0.4, 0.5) is 0 Å². The molecule has 0 aliphatic heterocycles. The summed E-state index contributed by atoms with van der Waals surface area (Å²) in [6.07, 6.45) is 5.97. The van der Waals surface area contributed by atoms with Crippen LogP contribution in [0.3, 0.4) is 0 Å². The monoisotopic (exact) mass is 183 g/mol. The molecule has 1 aliphatic carbocycles. The van der Waals surface area contributed by atoms with E-state index >= 15 is 0 Å². The molecule has 0 spiro atoms. The van der Waals surface area contributed by atoms with Crippen LogP contribution < -0.4 is 5.73 Å². The number of Topliss-reactive ketones (excluding diaryl/α,β-unsaturated/α-hetero) is 1. The van der Waals surface area contributed by atoms with Crippen LogP contribution >= 0.6 is 0 Å². The van der Waals surface area contributed by atoms with Crippen molar-refractivity contribution in [3.05, 3.63) is 0 Å². The summed E-state index contributed by atoms with van der Waals surface area (Å²) in [6, 6.07) is 0.108. The van der Waals surface area contributed by atoms with Crippen LogP contribution in [-0.2, 0) is 4.79 Å². The predicted molar refractivity (Wildman–Crippen MR) is 54.5 cm³/mol. The third kappa shape index (κ3) is 2.11. The predicted octanol–water partition coefficient (Wildman–Crippen LogP) is 2.26. The van der Waals surface area contributed by atoms with Gasteiger partial charge < -0.3 is 5.73 Å². The Labute approximate surface area is 80.9 Å². The Balaban J connectivity index is 2.53. The lowest BCUT2D eigenvalue weighted by Crippen LogP contribution is -2.41. The highest BCUT2D eigenvalue weighted by Crippen LogP contribution is 2.38. The Hall–Kier alpha value is -0.370. The second-order valence-corrected chi connectivity index (χ2v) is 4.44. The Kier molecular flexibility index (Phi) is 3.48. The quantitative estimate of drug-likeness (QED) is 0.726. The molecular weight excluding hydrogens is 162 g/mol. The zero-order valence-electron chi connectivity index (χ0n) is 8.81. The minimum atomic E-state index is -0.199. The normalized spacial score (nSPS) is 33.6. The Morgan fingerprint density at radius 3 is 2.77 bits per heavy atom. The molecule has 2 N–H and O–H groups in total. The minimum absolute atomic E-state index is 0.108. The van der Waals surface area contributed by atoms with Gasteiger partial charge in [-0.2, -0.15) is 0 Å². The fourth-order valence-electron chi connectivity index (χ4n) is 2.16. The third-order valence-corrected chi connectivity index (χ3v) is 3.42. The van der Waals surface area contributed by atoms with Gasteiger partial charge in [0.25, 0.3) is 0 Å². The topological polar surface area (TPSA) is 43.1 Å². The van der Waals surface area contributed by atoms with E-state index in [0.29, 0.717) is 5.78 Å². The van der Waals surface area contributed by atoms with E-state index in [1.807, 2.05) is 6.92 Å². The highest BCUT2D eigenvalue weighted by Gasteiger charge is 2.41. The molecule has 1 fully saturated rings. The molecule has 0 bridgehead atoms. The van der Waals surface area contributed by atoms with Crippen molar-refractivity contribution >= 4 is 5.78 Å². The number of carbonyl (C=O) groups excluding carboxylic acids is 1. The smallest absolute Gasteiger partial charge is 0.140 e. The number of hydrogen-bond donors (Lipinski definition) is 1.